The Morgan fingerprint density at radius 1 is 1.44 bits per heavy atom. The Bertz CT molecular complexity index is 517. The smallest absolute Gasteiger partial charge is 0.244 e. The van der Waals surface area contributed by atoms with Crippen LogP contribution in [-0.4, -0.2) is 32.4 Å². The summed E-state index contributed by atoms with van der Waals surface area (Å²) in [6.07, 6.45) is 2.61. The summed E-state index contributed by atoms with van der Waals surface area (Å²) < 4.78 is 26.1. The third-order valence-electron chi connectivity index (χ3n) is 2.02. The third kappa shape index (κ3) is 3.95. The second kappa shape index (κ2) is 6.28. The number of carbonyl (C=O) groups excluding carboxylic acids is 1. The number of hydrogen-bond donors (Lipinski definition) is 4. The van der Waals surface area contributed by atoms with Gasteiger partial charge in [-0.1, -0.05) is 0 Å². The van der Waals surface area contributed by atoms with Crippen LogP contribution in [0, 0.1) is 0 Å². The first-order valence-corrected chi connectivity index (χ1v) is 6.60. The first-order valence-electron chi connectivity index (χ1n) is 5.12. The summed E-state index contributed by atoms with van der Waals surface area (Å²) in [6.45, 7) is 1.65. The second-order valence-corrected chi connectivity index (χ2v) is 5.13. The largest absolute Gasteiger partial charge is 0.355 e. The maximum Gasteiger partial charge on any atom is 0.244 e. The van der Waals surface area contributed by atoms with Gasteiger partial charge < -0.3 is 10.7 Å². The molecular formula is C9H15N5O3S. The fourth-order valence-corrected chi connectivity index (χ4v) is 2.36. The molecule has 1 aromatic heterocycles. The van der Waals surface area contributed by atoms with E-state index in [1.165, 1.54) is 25.4 Å². The molecule has 0 spiro atoms. The van der Waals surface area contributed by atoms with E-state index in [2.05, 4.69) is 20.4 Å². The van der Waals surface area contributed by atoms with Gasteiger partial charge in [0.2, 0.25) is 15.9 Å². The van der Waals surface area contributed by atoms with Crippen molar-refractivity contribution in [1.29, 1.82) is 0 Å². The van der Waals surface area contributed by atoms with E-state index in [4.69, 9.17) is 5.84 Å². The van der Waals surface area contributed by atoms with Crippen LogP contribution in [0.3, 0.4) is 0 Å². The lowest BCUT2D eigenvalue weighted by Gasteiger charge is -2.10. The molecule has 0 saturated heterocycles. The van der Waals surface area contributed by atoms with Crippen molar-refractivity contribution in [3.8, 4) is 0 Å². The van der Waals surface area contributed by atoms with Gasteiger partial charge in [-0.25, -0.2) is 13.1 Å². The highest BCUT2D eigenvalue weighted by atomic mass is 32.2. The second-order valence-electron chi connectivity index (χ2n) is 3.40. The predicted octanol–water partition coefficient (Wildman–Crippen LogP) is -1.22. The van der Waals surface area contributed by atoms with E-state index < -0.39 is 10.0 Å². The topological polar surface area (TPSA) is 126 Å². The van der Waals surface area contributed by atoms with Gasteiger partial charge >= 0.3 is 0 Å². The summed E-state index contributed by atoms with van der Waals surface area (Å²) in [5.74, 6) is 4.99. The molecular weight excluding hydrogens is 258 g/mol. The van der Waals surface area contributed by atoms with Crippen LogP contribution in [0.5, 0.6) is 0 Å². The predicted molar refractivity (Wildman–Crippen MR) is 65.9 cm³/mol. The summed E-state index contributed by atoms with van der Waals surface area (Å²) in [5.41, 5.74) is 2.53. The normalized spacial score (nSPS) is 11.0. The molecule has 1 heterocycles. The Morgan fingerprint density at radius 2 is 2.17 bits per heavy atom. The lowest BCUT2D eigenvalue weighted by Crippen LogP contribution is -2.34. The molecule has 18 heavy (non-hydrogen) atoms. The molecule has 0 aliphatic heterocycles. The average Bonchev–Trinajstić information content (AvgIpc) is 2.34. The molecule has 0 aliphatic rings. The van der Waals surface area contributed by atoms with Crippen molar-refractivity contribution >= 4 is 21.6 Å². The lowest BCUT2D eigenvalue weighted by molar-refractivity contribution is -0.118. The Labute approximate surface area is 105 Å². The summed E-state index contributed by atoms with van der Waals surface area (Å²) in [7, 11) is -3.71. The van der Waals surface area contributed by atoms with Crippen LogP contribution in [0.15, 0.2) is 23.4 Å². The number of aromatic nitrogens is 1. The number of nitrogen functional groups attached to an aromatic ring is 1. The van der Waals surface area contributed by atoms with Crippen LogP contribution >= 0.6 is 0 Å². The van der Waals surface area contributed by atoms with E-state index in [0.717, 1.165) is 0 Å². The Hall–Kier alpha value is -1.71. The molecule has 0 atom stereocenters. The minimum atomic E-state index is -3.71. The number of rotatable bonds is 6. The zero-order chi connectivity index (χ0) is 13.6. The fourth-order valence-electron chi connectivity index (χ4n) is 1.22. The van der Waals surface area contributed by atoms with E-state index in [0.29, 0.717) is 0 Å². The van der Waals surface area contributed by atoms with E-state index >= 15 is 0 Å². The number of carbonyl (C=O) groups is 1. The molecule has 5 N–H and O–H groups in total. The Kier molecular flexibility index (Phi) is 5.01. The van der Waals surface area contributed by atoms with Gasteiger partial charge in [-0.15, -0.1) is 0 Å². The number of sulfonamides is 1. The van der Waals surface area contributed by atoms with E-state index in [1.807, 2.05) is 0 Å². The number of nitrogens with zero attached hydrogens (tertiary/aromatic N) is 1. The molecule has 0 bridgehead atoms. The number of anilines is 1. The van der Waals surface area contributed by atoms with Gasteiger partial charge in [0, 0.05) is 32.4 Å². The van der Waals surface area contributed by atoms with Crippen molar-refractivity contribution in [1.82, 2.24) is 15.0 Å². The highest BCUT2D eigenvalue weighted by molar-refractivity contribution is 7.89. The first kappa shape index (κ1) is 14.4. The van der Waals surface area contributed by atoms with Gasteiger partial charge in [0.25, 0.3) is 0 Å². The molecule has 0 unspecified atom stereocenters. The zero-order valence-electron chi connectivity index (χ0n) is 9.80. The highest BCUT2D eigenvalue weighted by Gasteiger charge is 2.17. The quantitative estimate of drug-likeness (QED) is 0.292. The summed E-state index contributed by atoms with van der Waals surface area (Å²) in [4.78, 5) is 14.3. The molecule has 9 heteroatoms. The minimum absolute atomic E-state index is 0.0460. The molecule has 1 aromatic rings. The SMILES string of the molecule is CC(=O)NCCNS(=O)(=O)c1cnccc1NN. The summed E-state index contributed by atoms with van der Waals surface area (Å²) in [5, 5.41) is 2.48. The highest BCUT2D eigenvalue weighted by Crippen LogP contribution is 2.17. The number of hydrogen-bond acceptors (Lipinski definition) is 6. The van der Waals surface area contributed by atoms with E-state index in [-0.39, 0.29) is 29.6 Å². The van der Waals surface area contributed by atoms with Gasteiger partial charge in [-0.2, -0.15) is 0 Å². The van der Waals surface area contributed by atoms with E-state index in [9.17, 15) is 13.2 Å². The molecule has 0 fully saturated rings. The van der Waals surface area contributed by atoms with E-state index in [1.54, 1.807) is 0 Å². The molecule has 8 nitrogen and oxygen atoms in total. The minimum Gasteiger partial charge on any atom is -0.355 e. The molecule has 0 aliphatic carbocycles. The number of hydrazine groups is 1. The Balaban J connectivity index is 2.71. The van der Waals surface area contributed by atoms with Crippen LogP contribution in [0.25, 0.3) is 0 Å². The zero-order valence-corrected chi connectivity index (χ0v) is 10.6. The molecule has 100 valence electrons. The molecule has 0 radical (unpaired) electrons. The van der Waals surface area contributed by atoms with Crippen LogP contribution < -0.4 is 21.3 Å². The average molecular weight is 273 g/mol. The Morgan fingerprint density at radius 3 is 2.78 bits per heavy atom. The lowest BCUT2D eigenvalue weighted by atomic mass is 10.4. The van der Waals surface area contributed by atoms with Gasteiger partial charge in [-0.3, -0.25) is 15.6 Å². The van der Waals surface area contributed by atoms with Gasteiger partial charge in [0.05, 0.1) is 5.69 Å². The van der Waals surface area contributed by atoms with Gasteiger partial charge in [0.1, 0.15) is 4.90 Å². The standard InChI is InChI=1S/C9H15N5O3S/c1-7(15)12-4-5-13-18(16,17)9-6-11-3-2-8(9)14-10/h2-3,6,13H,4-5,10H2,1H3,(H,11,14)(H,12,15). The van der Waals surface area contributed by atoms with Crippen molar-refractivity contribution < 1.29 is 13.2 Å². The van der Waals surface area contributed by atoms with Gasteiger partial charge in [0.15, 0.2) is 0 Å². The van der Waals surface area contributed by atoms with Gasteiger partial charge in [-0.05, 0) is 6.07 Å². The first-order chi connectivity index (χ1) is 8.47. The number of pyridine rings is 1. The fraction of sp³-hybridized carbons (Fsp3) is 0.333. The molecule has 1 amide bonds. The number of amides is 1. The molecule has 1 rings (SSSR count). The monoisotopic (exact) mass is 273 g/mol. The van der Waals surface area contributed by atoms with Crippen molar-refractivity contribution in [2.45, 2.75) is 11.8 Å². The van der Waals surface area contributed by atoms with Crippen LogP contribution in [0.4, 0.5) is 5.69 Å². The van der Waals surface area contributed by atoms with Crippen molar-refractivity contribution in [3.63, 3.8) is 0 Å². The van der Waals surface area contributed by atoms with Crippen LogP contribution in [0.2, 0.25) is 0 Å². The molecule has 0 saturated carbocycles. The summed E-state index contributed by atoms with van der Waals surface area (Å²) >= 11 is 0. The summed E-state index contributed by atoms with van der Waals surface area (Å²) in [6, 6.07) is 1.45. The van der Waals surface area contributed by atoms with Crippen LogP contribution in [-0.2, 0) is 14.8 Å². The van der Waals surface area contributed by atoms with Crippen molar-refractivity contribution in [3.05, 3.63) is 18.5 Å². The van der Waals surface area contributed by atoms with Crippen molar-refractivity contribution in [2.75, 3.05) is 18.5 Å². The van der Waals surface area contributed by atoms with Crippen molar-refractivity contribution in [2.24, 2.45) is 5.84 Å². The third-order valence-corrected chi connectivity index (χ3v) is 3.51. The maximum atomic E-state index is 11.9. The maximum absolute atomic E-state index is 11.9. The molecule has 0 aromatic carbocycles. The number of nitrogens with one attached hydrogen (secondary N) is 3. The number of nitrogens with two attached hydrogens (primary N) is 1. The van der Waals surface area contributed by atoms with Crippen LogP contribution in [0.1, 0.15) is 6.92 Å².